The van der Waals surface area contributed by atoms with Gasteiger partial charge in [0.25, 0.3) is 5.56 Å². The molecule has 2 amide bonds. The second-order valence-electron chi connectivity index (χ2n) is 7.40. The van der Waals surface area contributed by atoms with Gasteiger partial charge >= 0.3 is 0 Å². The molecule has 166 valence electrons. The summed E-state index contributed by atoms with van der Waals surface area (Å²) in [5, 5.41) is 6.15. The molecular weight excluding hydrogens is 480 g/mol. The summed E-state index contributed by atoms with van der Waals surface area (Å²) in [5.74, 6) is -0.444. The largest absolute Gasteiger partial charge is 0.323 e. The third-order valence-electron chi connectivity index (χ3n) is 5.33. The van der Waals surface area contributed by atoms with Gasteiger partial charge in [0, 0.05) is 28.6 Å². The van der Waals surface area contributed by atoms with Gasteiger partial charge in [-0.1, -0.05) is 53.7 Å². The van der Waals surface area contributed by atoms with Crippen molar-refractivity contribution in [1.82, 2.24) is 9.55 Å². The number of thiophene rings is 1. The zero-order valence-electron chi connectivity index (χ0n) is 17.4. The summed E-state index contributed by atoms with van der Waals surface area (Å²) in [5.41, 5.74) is 2.58. The summed E-state index contributed by atoms with van der Waals surface area (Å²) in [4.78, 5) is 44.9. The first-order valence-electron chi connectivity index (χ1n) is 9.99. The van der Waals surface area contributed by atoms with Gasteiger partial charge in [0.15, 0.2) is 5.16 Å². The number of para-hydroxylation sites is 2. The Balaban J connectivity index is 1.43. The minimum absolute atomic E-state index is 0.0378. The van der Waals surface area contributed by atoms with Crippen LogP contribution in [0, 0.1) is 0 Å². The number of hydrogen-bond acceptors (Lipinski definition) is 6. The highest BCUT2D eigenvalue weighted by atomic mass is 35.5. The van der Waals surface area contributed by atoms with Gasteiger partial charge in [0.1, 0.15) is 11.4 Å². The Morgan fingerprint density at radius 3 is 2.73 bits per heavy atom. The highest BCUT2D eigenvalue weighted by Gasteiger charge is 2.27. The number of nitrogens with zero attached hydrogens (tertiary/aromatic N) is 3. The molecule has 3 heterocycles. The lowest BCUT2D eigenvalue weighted by atomic mass is 10.1. The monoisotopic (exact) mass is 496 g/mol. The molecule has 0 atom stereocenters. The summed E-state index contributed by atoms with van der Waals surface area (Å²) in [6.07, 6.45) is 0. The van der Waals surface area contributed by atoms with E-state index >= 15 is 0 Å². The lowest BCUT2D eigenvalue weighted by molar-refractivity contribution is -0.120. The standard InChI is InChI=1S/C23H17ClN4O3S2/c1-27-22(31)20-14(13-6-2-3-7-15(13)24)11-32-21(20)26-23(27)33-12-19(30)28-10-18(29)25-16-8-4-5-9-17(16)28/h2-9,11H,10,12H2,1H3,(H,25,29). The van der Waals surface area contributed by atoms with E-state index in [9.17, 15) is 14.4 Å². The number of amides is 2. The van der Waals surface area contributed by atoms with Gasteiger partial charge in [-0.15, -0.1) is 11.3 Å². The predicted molar refractivity (Wildman–Crippen MR) is 133 cm³/mol. The van der Waals surface area contributed by atoms with Gasteiger partial charge in [-0.2, -0.15) is 0 Å². The lowest BCUT2D eigenvalue weighted by Crippen LogP contribution is -2.43. The molecule has 2 aromatic heterocycles. The van der Waals surface area contributed by atoms with Crippen LogP contribution in [0.5, 0.6) is 0 Å². The minimum Gasteiger partial charge on any atom is -0.323 e. The first-order chi connectivity index (χ1) is 15.9. The van der Waals surface area contributed by atoms with Gasteiger partial charge in [0.2, 0.25) is 11.8 Å². The Morgan fingerprint density at radius 1 is 1.15 bits per heavy atom. The van der Waals surface area contributed by atoms with Crippen molar-refractivity contribution in [1.29, 1.82) is 0 Å². The molecule has 4 aromatic rings. The van der Waals surface area contributed by atoms with Gasteiger partial charge in [-0.05, 0) is 18.2 Å². The van der Waals surface area contributed by atoms with Crippen molar-refractivity contribution in [3.05, 3.63) is 69.3 Å². The second-order valence-corrected chi connectivity index (χ2v) is 9.61. The summed E-state index contributed by atoms with van der Waals surface area (Å²) in [6, 6.07) is 14.5. The molecule has 1 aliphatic heterocycles. The molecule has 0 spiro atoms. The molecule has 5 rings (SSSR count). The average molecular weight is 497 g/mol. The number of fused-ring (bicyclic) bond motifs is 2. The molecule has 0 saturated heterocycles. The summed E-state index contributed by atoms with van der Waals surface area (Å²) in [7, 11) is 1.64. The maximum Gasteiger partial charge on any atom is 0.263 e. The van der Waals surface area contributed by atoms with Crippen molar-refractivity contribution in [2.45, 2.75) is 5.16 Å². The van der Waals surface area contributed by atoms with Gasteiger partial charge in [-0.25, -0.2) is 4.98 Å². The van der Waals surface area contributed by atoms with Crippen molar-refractivity contribution >= 4 is 68.1 Å². The van der Waals surface area contributed by atoms with Crippen LogP contribution in [0.15, 0.2) is 63.9 Å². The van der Waals surface area contributed by atoms with Crippen LogP contribution in [-0.4, -0.2) is 33.7 Å². The summed E-state index contributed by atoms with van der Waals surface area (Å²) < 4.78 is 1.45. The molecule has 0 fully saturated rings. The first-order valence-corrected chi connectivity index (χ1v) is 12.2. The Labute approximate surface area is 202 Å². The van der Waals surface area contributed by atoms with E-state index in [1.807, 2.05) is 29.6 Å². The fraction of sp³-hybridized carbons (Fsp3) is 0.130. The van der Waals surface area contributed by atoms with Crippen LogP contribution in [0.3, 0.4) is 0 Å². The Kier molecular flexibility index (Phi) is 5.69. The number of benzene rings is 2. The maximum absolute atomic E-state index is 13.2. The molecule has 1 aliphatic rings. The van der Waals surface area contributed by atoms with Crippen molar-refractivity contribution in [2.75, 3.05) is 22.5 Å². The summed E-state index contributed by atoms with van der Waals surface area (Å²) in [6.45, 7) is -0.0477. The molecule has 0 radical (unpaired) electrons. The quantitative estimate of drug-likeness (QED) is 0.334. The van der Waals surface area contributed by atoms with Crippen LogP contribution in [0.1, 0.15) is 0 Å². The van der Waals surface area contributed by atoms with Crippen LogP contribution < -0.4 is 15.8 Å². The highest BCUT2D eigenvalue weighted by Crippen LogP contribution is 2.36. The molecule has 1 N–H and O–H groups in total. The fourth-order valence-electron chi connectivity index (χ4n) is 3.72. The van der Waals surface area contributed by atoms with E-state index in [-0.39, 0.29) is 29.7 Å². The SMILES string of the molecule is Cn1c(SCC(=O)N2CC(=O)Nc3ccccc32)nc2scc(-c3ccccc3Cl)c2c1=O. The van der Waals surface area contributed by atoms with E-state index in [1.54, 1.807) is 31.3 Å². The summed E-state index contributed by atoms with van der Waals surface area (Å²) >= 11 is 8.88. The third kappa shape index (κ3) is 3.92. The normalized spacial score (nSPS) is 13.2. The highest BCUT2D eigenvalue weighted by molar-refractivity contribution is 7.99. The van der Waals surface area contributed by atoms with Gasteiger partial charge < -0.3 is 10.2 Å². The van der Waals surface area contributed by atoms with Crippen LogP contribution in [0.4, 0.5) is 11.4 Å². The van der Waals surface area contributed by atoms with E-state index in [1.165, 1.54) is 32.6 Å². The molecular formula is C23H17ClN4O3S2. The number of anilines is 2. The van der Waals surface area contributed by atoms with Crippen molar-refractivity contribution < 1.29 is 9.59 Å². The zero-order valence-corrected chi connectivity index (χ0v) is 19.8. The van der Waals surface area contributed by atoms with E-state index < -0.39 is 0 Å². The van der Waals surface area contributed by atoms with Crippen LogP contribution in [-0.2, 0) is 16.6 Å². The number of rotatable bonds is 4. The number of carbonyl (C=O) groups is 2. The molecule has 0 aliphatic carbocycles. The third-order valence-corrected chi connectivity index (χ3v) is 7.55. The van der Waals surface area contributed by atoms with Crippen molar-refractivity contribution in [2.24, 2.45) is 7.05 Å². The smallest absolute Gasteiger partial charge is 0.263 e. The van der Waals surface area contributed by atoms with Crippen molar-refractivity contribution in [3.63, 3.8) is 0 Å². The lowest BCUT2D eigenvalue weighted by Gasteiger charge is -2.29. The number of nitrogens with one attached hydrogen (secondary N) is 1. The Bertz CT molecular complexity index is 1480. The second kappa shape index (κ2) is 8.66. The molecule has 7 nitrogen and oxygen atoms in total. The molecule has 0 unspecified atom stereocenters. The fourth-order valence-corrected chi connectivity index (χ4v) is 5.78. The van der Waals surface area contributed by atoms with Crippen LogP contribution >= 0.6 is 34.7 Å². The molecule has 2 aromatic carbocycles. The van der Waals surface area contributed by atoms with Gasteiger partial charge in [0.05, 0.1) is 22.5 Å². The first kappa shape index (κ1) is 21.7. The average Bonchev–Trinajstić information content (AvgIpc) is 3.23. The Hall–Kier alpha value is -3.14. The number of halogens is 1. The molecule has 10 heteroatoms. The number of aromatic nitrogens is 2. The Morgan fingerprint density at radius 2 is 1.91 bits per heavy atom. The zero-order chi connectivity index (χ0) is 23.1. The van der Waals surface area contributed by atoms with Gasteiger partial charge in [-0.3, -0.25) is 19.0 Å². The molecule has 0 bridgehead atoms. The maximum atomic E-state index is 13.2. The van der Waals surface area contributed by atoms with E-state index in [4.69, 9.17) is 11.6 Å². The van der Waals surface area contributed by atoms with Crippen molar-refractivity contribution in [3.8, 4) is 11.1 Å². The van der Waals surface area contributed by atoms with Crippen LogP contribution in [0.25, 0.3) is 21.3 Å². The topological polar surface area (TPSA) is 84.3 Å². The molecule has 33 heavy (non-hydrogen) atoms. The minimum atomic E-state index is -0.246. The van der Waals surface area contributed by atoms with E-state index in [0.29, 0.717) is 31.8 Å². The van der Waals surface area contributed by atoms with Crippen LogP contribution in [0.2, 0.25) is 5.02 Å². The predicted octanol–water partition coefficient (Wildman–Crippen LogP) is 4.39. The number of carbonyl (C=O) groups excluding carboxylic acids is 2. The molecule has 0 saturated carbocycles. The number of thioether (sulfide) groups is 1. The van der Waals surface area contributed by atoms with E-state index in [0.717, 1.165) is 11.1 Å². The number of hydrogen-bond donors (Lipinski definition) is 1. The van der Waals surface area contributed by atoms with E-state index in [2.05, 4.69) is 10.3 Å².